The van der Waals surface area contributed by atoms with Crippen molar-refractivity contribution in [2.75, 3.05) is 19.6 Å². The zero-order valence-electron chi connectivity index (χ0n) is 18.1. The third-order valence-corrected chi connectivity index (χ3v) is 6.79. The number of nitrogens with one attached hydrogen (secondary N) is 1. The van der Waals surface area contributed by atoms with E-state index in [9.17, 15) is 0 Å². The van der Waals surface area contributed by atoms with Crippen LogP contribution in [-0.4, -0.2) is 45.3 Å². The van der Waals surface area contributed by atoms with Crippen LogP contribution in [0, 0.1) is 12.8 Å². The molecule has 1 aliphatic rings. The van der Waals surface area contributed by atoms with Gasteiger partial charge in [0, 0.05) is 36.3 Å². The van der Waals surface area contributed by atoms with E-state index in [1.807, 2.05) is 10.9 Å². The van der Waals surface area contributed by atoms with Crippen molar-refractivity contribution < 1.29 is 0 Å². The second-order valence-electron chi connectivity index (χ2n) is 8.23. The summed E-state index contributed by atoms with van der Waals surface area (Å²) in [7, 11) is 0. The molecule has 5 nitrogen and oxygen atoms in total. The second kappa shape index (κ2) is 9.14. The van der Waals surface area contributed by atoms with Gasteiger partial charge in [-0.15, -0.1) is 11.3 Å². The fourth-order valence-corrected chi connectivity index (χ4v) is 4.97. The number of benzene rings is 1. The molecule has 2 aromatic heterocycles. The maximum Gasteiger partial charge on any atom is 0.127 e. The fraction of sp³-hybridized carbons (Fsp3) is 0.417. The van der Waals surface area contributed by atoms with E-state index in [1.165, 1.54) is 12.0 Å². The molecule has 3 heterocycles. The van der Waals surface area contributed by atoms with Gasteiger partial charge < -0.3 is 10.2 Å². The van der Waals surface area contributed by atoms with Gasteiger partial charge in [-0.1, -0.05) is 32.6 Å². The van der Waals surface area contributed by atoms with Crippen LogP contribution in [0.3, 0.4) is 0 Å². The minimum absolute atomic E-state index is 0.473. The number of nitrogens with zero attached hydrogens (tertiary/aromatic N) is 4. The molecule has 30 heavy (non-hydrogen) atoms. The van der Waals surface area contributed by atoms with E-state index >= 15 is 0 Å². The highest BCUT2D eigenvalue weighted by Crippen LogP contribution is 2.31. The van der Waals surface area contributed by atoms with Crippen molar-refractivity contribution in [3.05, 3.63) is 59.9 Å². The van der Waals surface area contributed by atoms with Gasteiger partial charge in [0.2, 0.25) is 0 Å². The Morgan fingerprint density at radius 1 is 1.40 bits per heavy atom. The summed E-state index contributed by atoms with van der Waals surface area (Å²) < 4.78 is 1.91. The number of aryl methyl sites for hydroxylation is 1. The number of rotatable bonds is 7. The quantitative estimate of drug-likeness (QED) is 0.584. The van der Waals surface area contributed by atoms with Gasteiger partial charge in [-0.25, -0.2) is 9.67 Å². The predicted molar refractivity (Wildman–Crippen MR) is 126 cm³/mol. The minimum atomic E-state index is 0.473. The molecule has 0 amide bonds. The molecular formula is C24H31N5S. The first-order chi connectivity index (χ1) is 14.6. The first-order valence-corrected chi connectivity index (χ1v) is 11.7. The lowest BCUT2D eigenvalue weighted by Gasteiger charge is -2.41. The molecule has 6 heteroatoms. The smallest absolute Gasteiger partial charge is 0.127 e. The zero-order chi connectivity index (χ0) is 21.1. The Bertz CT molecular complexity index is 1000. The van der Waals surface area contributed by atoms with Crippen molar-refractivity contribution in [1.82, 2.24) is 25.0 Å². The second-order valence-corrected chi connectivity index (χ2v) is 9.09. The molecule has 3 aromatic rings. The van der Waals surface area contributed by atoms with E-state index in [0.29, 0.717) is 12.0 Å². The normalized spacial score (nSPS) is 19.0. The SMILES string of the molecule is C=C(c1csc(-c2cnn(-c3cccc(C)c3)c2)n1)N(CCC)[C@@H]1CNCC[C@H]1C. The number of hydrogen-bond acceptors (Lipinski definition) is 5. The third kappa shape index (κ3) is 4.35. The van der Waals surface area contributed by atoms with Gasteiger partial charge in [-0.2, -0.15) is 5.10 Å². The van der Waals surface area contributed by atoms with Gasteiger partial charge in [0.25, 0.3) is 0 Å². The van der Waals surface area contributed by atoms with E-state index in [-0.39, 0.29) is 0 Å². The Morgan fingerprint density at radius 2 is 2.27 bits per heavy atom. The van der Waals surface area contributed by atoms with Gasteiger partial charge in [-0.3, -0.25) is 0 Å². The van der Waals surface area contributed by atoms with E-state index < -0.39 is 0 Å². The number of hydrogen-bond donors (Lipinski definition) is 1. The van der Waals surface area contributed by atoms with Crippen molar-refractivity contribution >= 4 is 17.0 Å². The molecule has 0 radical (unpaired) electrons. The Balaban J connectivity index is 1.55. The van der Waals surface area contributed by atoms with Crippen molar-refractivity contribution in [3.8, 4) is 16.3 Å². The van der Waals surface area contributed by atoms with E-state index in [1.54, 1.807) is 11.3 Å². The molecule has 1 N–H and O–H groups in total. The highest BCUT2D eigenvalue weighted by Gasteiger charge is 2.28. The monoisotopic (exact) mass is 421 g/mol. The molecule has 158 valence electrons. The molecule has 2 atom stereocenters. The van der Waals surface area contributed by atoms with E-state index in [0.717, 1.165) is 53.7 Å². The van der Waals surface area contributed by atoms with Crippen LogP contribution in [-0.2, 0) is 0 Å². The van der Waals surface area contributed by atoms with Crippen molar-refractivity contribution in [2.24, 2.45) is 5.92 Å². The van der Waals surface area contributed by atoms with Crippen molar-refractivity contribution in [2.45, 2.75) is 39.7 Å². The van der Waals surface area contributed by atoms with Crippen molar-refractivity contribution in [3.63, 3.8) is 0 Å². The molecule has 1 aliphatic heterocycles. The third-order valence-electron chi connectivity index (χ3n) is 5.89. The summed E-state index contributed by atoms with van der Waals surface area (Å²) in [5.41, 5.74) is 5.33. The first kappa shape index (κ1) is 20.8. The Morgan fingerprint density at radius 3 is 3.03 bits per heavy atom. The molecule has 1 saturated heterocycles. The summed E-state index contributed by atoms with van der Waals surface area (Å²) in [4.78, 5) is 7.40. The van der Waals surface area contributed by atoms with Crippen LogP contribution < -0.4 is 5.32 Å². The molecule has 4 rings (SSSR count). The molecule has 1 fully saturated rings. The number of thiazole rings is 1. The maximum absolute atomic E-state index is 4.93. The summed E-state index contributed by atoms with van der Waals surface area (Å²) in [5.74, 6) is 0.653. The number of aromatic nitrogens is 3. The number of piperidine rings is 1. The summed E-state index contributed by atoms with van der Waals surface area (Å²) in [6, 6.07) is 8.83. The van der Waals surface area contributed by atoms with Crippen LogP contribution in [0.1, 0.15) is 37.9 Å². The Labute approximate surface area is 183 Å². The average Bonchev–Trinajstić information content (AvgIpc) is 3.42. The van der Waals surface area contributed by atoms with Gasteiger partial charge >= 0.3 is 0 Å². The first-order valence-electron chi connectivity index (χ1n) is 10.8. The molecule has 0 spiro atoms. The van der Waals surface area contributed by atoms with Crippen LogP contribution in [0.4, 0.5) is 0 Å². The molecule has 0 saturated carbocycles. The van der Waals surface area contributed by atoms with Crippen LogP contribution in [0.5, 0.6) is 0 Å². The molecule has 1 aromatic carbocycles. The lowest BCUT2D eigenvalue weighted by Crippen LogP contribution is -2.49. The van der Waals surface area contributed by atoms with Gasteiger partial charge in [0.1, 0.15) is 5.01 Å². The summed E-state index contributed by atoms with van der Waals surface area (Å²) >= 11 is 1.66. The summed E-state index contributed by atoms with van der Waals surface area (Å²) in [5, 5.41) is 11.2. The van der Waals surface area contributed by atoms with Crippen LogP contribution in [0.15, 0.2) is 48.6 Å². The molecular weight excluding hydrogens is 390 g/mol. The van der Waals surface area contributed by atoms with Gasteiger partial charge in [0.05, 0.1) is 23.3 Å². The highest BCUT2D eigenvalue weighted by molar-refractivity contribution is 7.13. The molecule has 0 unspecified atom stereocenters. The highest BCUT2D eigenvalue weighted by atomic mass is 32.1. The topological polar surface area (TPSA) is 46.0 Å². The molecule has 0 aliphatic carbocycles. The largest absolute Gasteiger partial charge is 0.366 e. The lowest BCUT2D eigenvalue weighted by atomic mass is 9.92. The molecule has 0 bridgehead atoms. The Kier molecular flexibility index (Phi) is 6.35. The van der Waals surface area contributed by atoms with Crippen LogP contribution in [0.2, 0.25) is 0 Å². The standard InChI is InChI=1S/C24H31N5S/c1-5-11-28(23-14-25-10-9-18(23)3)19(4)22-16-30-24(27-22)20-13-26-29(15-20)21-8-6-7-17(2)12-21/h6-8,12-13,15-16,18,23,25H,4-5,9-11,14H2,1-3H3/t18-,23-/m1/s1. The van der Waals surface area contributed by atoms with E-state index in [4.69, 9.17) is 4.98 Å². The summed E-state index contributed by atoms with van der Waals surface area (Å²) in [6.45, 7) is 14.3. The maximum atomic E-state index is 4.93. The van der Waals surface area contributed by atoms with Crippen LogP contribution >= 0.6 is 11.3 Å². The average molecular weight is 422 g/mol. The van der Waals surface area contributed by atoms with Gasteiger partial charge in [0.15, 0.2) is 0 Å². The fourth-order valence-electron chi connectivity index (χ4n) is 4.16. The zero-order valence-corrected chi connectivity index (χ0v) is 19.0. The Hall–Kier alpha value is -2.44. The van der Waals surface area contributed by atoms with Gasteiger partial charge in [-0.05, 0) is 49.9 Å². The predicted octanol–water partition coefficient (Wildman–Crippen LogP) is 4.98. The minimum Gasteiger partial charge on any atom is -0.366 e. The summed E-state index contributed by atoms with van der Waals surface area (Å²) in [6.07, 6.45) is 6.25. The van der Waals surface area contributed by atoms with Crippen molar-refractivity contribution in [1.29, 1.82) is 0 Å². The van der Waals surface area contributed by atoms with Crippen LogP contribution in [0.25, 0.3) is 22.0 Å². The lowest BCUT2D eigenvalue weighted by molar-refractivity contribution is 0.184. The van der Waals surface area contributed by atoms with E-state index in [2.05, 4.69) is 78.5 Å².